The first-order valence-electron chi connectivity index (χ1n) is 5.54. The van der Waals surface area contributed by atoms with E-state index in [0.29, 0.717) is 0 Å². The molecular formula is C13H15N3S. The monoisotopic (exact) mass is 245 g/mol. The van der Waals surface area contributed by atoms with Crippen LogP contribution >= 0.6 is 11.8 Å². The van der Waals surface area contributed by atoms with Gasteiger partial charge in [-0.05, 0) is 12.1 Å². The van der Waals surface area contributed by atoms with E-state index in [2.05, 4.69) is 21.9 Å². The minimum atomic E-state index is 0.836. The molecule has 0 unspecified atom stereocenters. The molecule has 0 spiro atoms. The van der Waals surface area contributed by atoms with Gasteiger partial charge in [0, 0.05) is 18.1 Å². The third-order valence-electron chi connectivity index (χ3n) is 2.24. The highest BCUT2D eigenvalue weighted by Crippen LogP contribution is 2.11. The van der Waals surface area contributed by atoms with E-state index in [0.717, 1.165) is 34.9 Å². The molecule has 3 nitrogen and oxygen atoms in total. The molecule has 0 amide bonds. The van der Waals surface area contributed by atoms with E-state index in [4.69, 9.17) is 0 Å². The highest BCUT2D eigenvalue weighted by molar-refractivity contribution is 7.99. The molecule has 0 aliphatic heterocycles. The van der Waals surface area contributed by atoms with Crippen molar-refractivity contribution in [1.82, 2.24) is 9.97 Å². The third kappa shape index (κ3) is 3.46. The molecular weight excluding hydrogens is 230 g/mol. The zero-order chi connectivity index (χ0) is 11.9. The van der Waals surface area contributed by atoms with Crippen molar-refractivity contribution in [2.75, 3.05) is 23.4 Å². The van der Waals surface area contributed by atoms with Crippen molar-refractivity contribution in [3.8, 4) is 0 Å². The number of thioether (sulfide) groups is 1. The van der Waals surface area contributed by atoms with Crippen molar-refractivity contribution >= 4 is 28.6 Å². The van der Waals surface area contributed by atoms with Crippen molar-refractivity contribution in [2.45, 2.75) is 0 Å². The van der Waals surface area contributed by atoms with Gasteiger partial charge in [-0.3, -0.25) is 4.98 Å². The van der Waals surface area contributed by atoms with Crippen LogP contribution in [0.4, 0.5) is 5.82 Å². The maximum atomic E-state index is 4.49. The molecule has 88 valence electrons. The van der Waals surface area contributed by atoms with E-state index in [1.165, 1.54) is 0 Å². The fourth-order valence-electron chi connectivity index (χ4n) is 1.46. The van der Waals surface area contributed by atoms with E-state index in [9.17, 15) is 0 Å². The molecule has 2 rings (SSSR count). The van der Waals surface area contributed by atoms with Crippen LogP contribution < -0.4 is 5.32 Å². The molecule has 0 radical (unpaired) electrons. The number of benzene rings is 1. The summed E-state index contributed by atoms with van der Waals surface area (Å²) in [7, 11) is 0. The fraction of sp³-hybridized carbons (Fsp3) is 0.231. The second kappa shape index (κ2) is 6.25. The number of nitrogens with zero attached hydrogens (tertiary/aromatic N) is 2. The standard InChI is InChI=1S/C13H15N3S/c1-2-8-17-9-7-14-13-10-15-11-5-3-4-6-12(11)16-13/h2-6,10H,1,7-9H2,(H,14,16). The van der Waals surface area contributed by atoms with Gasteiger partial charge in [-0.25, -0.2) is 4.98 Å². The SMILES string of the molecule is C=CCSCCNc1cnc2ccccc2n1. The van der Waals surface area contributed by atoms with Gasteiger partial charge in [0.15, 0.2) is 0 Å². The van der Waals surface area contributed by atoms with Gasteiger partial charge in [-0.1, -0.05) is 18.2 Å². The average molecular weight is 245 g/mol. The van der Waals surface area contributed by atoms with E-state index >= 15 is 0 Å². The van der Waals surface area contributed by atoms with Crippen LogP contribution in [0.5, 0.6) is 0 Å². The summed E-state index contributed by atoms with van der Waals surface area (Å²) in [4.78, 5) is 8.84. The summed E-state index contributed by atoms with van der Waals surface area (Å²) >= 11 is 1.85. The minimum Gasteiger partial charge on any atom is -0.368 e. The van der Waals surface area contributed by atoms with E-state index in [-0.39, 0.29) is 0 Å². The van der Waals surface area contributed by atoms with E-state index < -0.39 is 0 Å². The normalized spacial score (nSPS) is 10.4. The molecule has 1 heterocycles. The zero-order valence-corrected chi connectivity index (χ0v) is 10.4. The van der Waals surface area contributed by atoms with Gasteiger partial charge in [0.1, 0.15) is 5.82 Å². The Bertz CT molecular complexity index is 499. The third-order valence-corrected chi connectivity index (χ3v) is 3.20. The van der Waals surface area contributed by atoms with Crippen LogP contribution in [0.3, 0.4) is 0 Å². The Morgan fingerprint density at radius 1 is 1.29 bits per heavy atom. The maximum absolute atomic E-state index is 4.49. The lowest BCUT2D eigenvalue weighted by atomic mass is 10.3. The van der Waals surface area contributed by atoms with Gasteiger partial charge in [0.05, 0.1) is 17.2 Å². The molecule has 17 heavy (non-hydrogen) atoms. The number of rotatable bonds is 6. The van der Waals surface area contributed by atoms with Gasteiger partial charge in [-0.2, -0.15) is 11.8 Å². The Labute approximate surface area is 105 Å². The molecule has 0 saturated carbocycles. The Balaban J connectivity index is 1.92. The summed E-state index contributed by atoms with van der Waals surface area (Å²) in [5.41, 5.74) is 1.86. The van der Waals surface area contributed by atoms with Crippen LogP contribution in [-0.2, 0) is 0 Å². The quantitative estimate of drug-likeness (QED) is 0.627. The van der Waals surface area contributed by atoms with Crippen LogP contribution in [0.1, 0.15) is 0 Å². The van der Waals surface area contributed by atoms with Gasteiger partial charge >= 0.3 is 0 Å². The van der Waals surface area contributed by atoms with Crippen molar-refractivity contribution in [2.24, 2.45) is 0 Å². The molecule has 0 aliphatic rings. The minimum absolute atomic E-state index is 0.836. The molecule has 0 fully saturated rings. The van der Waals surface area contributed by atoms with Crippen LogP contribution in [0.2, 0.25) is 0 Å². The van der Waals surface area contributed by atoms with Gasteiger partial charge < -0.3 is 5.32 Å². The summed E-state index contributed by atoms with van der Waals surface area (Å²) in [6.45, 7) is 4.58. The van der Waals surface area contributed by atoms with Gasteiger partial charge in [-0.15, -0.1) is 6.58 Å². The molecule has 1 aromatic heterocycles. The zero-order valence-electron chi connectivity index (χ0n) is 9.60. The molecule has 4 heteroatoms. The van der Waals surface area contributed by atoms with E-state index in [1.807, 2.05) is 42.1 Å². The van der Waals surface area contributed by atoms with Crippen molar-refractivity contribution in [3.63, 3.8) is 0 Å². The molecule has 0 aliphatic carbocycles. The topological polar surface area (TPSA) is 37.8 Å². The summed E-state index contributed by atoms with van der Waals surface area (Å²) in [5.74, 6) is 2.87. The molecule has 2 aromatic rings. The van der Waals surface area contributed by atoms with Crippen molar-refractivity contribution in [1.29, 1.82) is 0 Å². The maximum Gasteiger partial charge on any atom is 0.145 e. The summed E-state index contributed by atoms with van der Waals surface area (Å²) < 4.78 is 0. The fourth-order valence-corrected chi connectivity index (χ4v) is 2.04. The predicted molar refractivity (Wildman–Crippen MR) is 75.5 cm³/mol. The molecule has 0 atom stereocenters. The number of hydrogen-bond donors (Lipinski definition) is 1. The van der Waals surface area contributed by atoms with Crippen LogP contribution in [-0.4, -0.2) is 28.0 Å². The van der Waals surface area contributed by atoms with Gasteiger partial charge in [0.2, 0.25) is 0 Å². The number of nitrogens with one attached hydrogen (secondary N) is 1. The number of aromatic nitrogens is 2. The molecule has 0 bridgehead atoms. The van der Waals surface area contributed by atoms with Gasteiger partial charge in [0.25, 0.3) is 0 Å². The second-order valence-corrected chi connectivity index (χ2v) is 4.68. The van der Waals surface area contributed by atoms with Crippen LogP contribution in [0.15, 0.2) is 43.1 Å². The highest BCUT2D eigenvalue weighted by atomic mass is 32.2. The summed E-state index contributed by atoms with van der Waals surface area (Å²) in [6.07, 6.45) is 3.70. The Hall–Kier alpha value is -1.55. The molecule has 1 aromatic carbocycles. The highest BCUT2D eigenvalue weighted by Gasteiger charge is 1.97. The largest absolute Gasteiger partial charge is 0.368 e. The molecule has 0 saturated heterocycles. The number of fused-ring (bicyclic) bond motifs is 1. The van der Waals surface area contributed by atoms with Crippen molar-refractivity contribution < 1.29 is 0 Å². The smallest absolute Gasteiger partial charge is 0.145 e. The summed E-state index contributed by atoms with van der Waals surface area (Å²) in [5, 5.41) is 3.27. The Kier molecular flexibility index (Phi) is 4.38. The first-order chi connectivity index (χ1) is 8.40. The molecule has 1 N–H and O–H groups in total. The first-order valence-corrected chi connectivity index (χ1v) is 6.70. The van der Waals surface area contributed by atoms with E-state index in [1.54, 1.807) is 6.20 Å². The Morgan fingerprint density at radius 2 is 2.12 bits per heavy atom. The lowest BCUT2D eigenvalue weighted by Crippen LogP contribution is -2.06. The lowest BCUT2D eigenvalue weighted by molar-refractivity contribution is 1.16. The predicted octanol–water partition coefficient (Wildman–Crippen LogP) is 2.96. The number of para-hydroxylation sites is 2. The number of anilines is 1. The van der Waals surface area contributed by atoms with Crippen molar-refractivity contribution in [3.05, 3.63) is 43.1 Å². The second-order valence-electron chi connectivity index (χ2n) is 3.53. The van der Waals surface area contributed by atoms with Crippen LogP contribution in [0.25, 0.3) is 11.0 Å². The lowest BCUT2D eigenvalue weighted by Gasteiger charge is -2.05. The first kappa shape index (κ1) is 11.9. The Morgan fingerprint density at radius 3 is 2.94 bits per heavy atom. The number of hydrogen-bond acceptors (Lipinski definition) is 4. The average Bonchev–Trinajstić information content (AvgIpc) is 2.38. The summed E-state index contributed by atoms with van der Waals surface area (Å²) in [6, 6.07) is 7.88. The van der Waals surface area contributed by atoms with Crippen LogP contribution in [0, 0.1) is 0 Å².